The largest absolute Gasteiger partial charge is 0.314 e. The van der Waals surface area contributed by atoms with Gasteiger partial charge in [0.25, 0.3) is 0 Å². The summed E-state index contributed by atoms with van der Waals surface area (Å²) in [6.45, 7) is 11.0. The van der Waals surface area contributed by atoms with Gasteiger partial charge in [-0.15, -0.1) is 0 Å². The van der Waals surface area contributed by atoms with Crippen LogP contribution < -0.4 is 5.32 Å². The van der Waals surface area contributed by atoms with Crippen LogP contribution in [-0.2, 0) is 6.54 Å². The molecule has 1 N–H and O–H groups in total. The summed E-state index contributed by atoms with van der Waals surface area (Å²) in [6.07, 6.45) is 0. The number of aryl methyl sites for hydroxylation is 1. The second-order valence-corrected chi connectivity index (χ2v) is 6.36. The lowest BCUT2D eigenvalue weighted by molar-refractivity contribution is 0.0825. The van der Waals surface area contributed by atoms with Crippen LogP contribution in [0.15, 0.2) is 22.7 Å². The van der Waals surface area contributed by atoms with Gasteiger partial charge in [0.15, 0.2) is 0 Å². The summed E-state index contributed by atoms with van der Waals surface area (Å²) in [5.74, 6) is 0. The molecule has 0 saturated carbocycles. The van der Waals surface area contributed by atoms with Crippen molar-refractivity contribution in [1.29, 1.82) is 0 Å². The van der Waals surface area contributed by atoms with Crippen molar-refractivity contribution in [3.8, 4) is 0 Å². The second-order valence-electron chi connectivity index (χ2n) is 5.51. The Morgan fingerprint density at radius 2 is 2.18 bits per heavy atom. The third-order valence-electron chi connectivity index (χ3n) is 3.54. The first-order valence-corrected chi connectivity index (χ1v) is 6.99. The maximum Gasteiger partial charge on any atom is 0.0281 e. The Morgan fingerprint density at radius 3 is 2.82 bits per heavy atom. The fraction of sp³-hybridized carbons (Fsp3) is 0.571. The van der Waals surface area contributed by atoms with Gasteiger partial charge < -0.3 is 5.32 Å². The molecule has 1 saturated heterocycles. The summed E-state index contributed by atoms with van der Waals surface area (Å²) in [4.78, 5) is 2.55. The zero-order valence-corrected chi connectivity index (χ0v) is 12.5. The Morgan fingerprint density at radius 1 is 1.41 bits per heavy atom. The summed E-state index contributed by atoms with van der Waals surface area (Å²) in [7, 11) is 0. The van der Waals surface area contributed by atoms with E-state index in [9.17, 15) is 0 Å². The zero-order chi connectivity index (χ0) is 12.5. The minimum absolute atomic E-state index is 0.239. The molecule has 3 heteroatoms. The molecule has 2 nitrogen and oxygen atoms in total. The summed E-state index contributed by atoms with van der Waals surface area (Å²) in [6, 6.07) is 6.62. The SMILES string of the molecule is Cc1ccc(CN2CCNCC2(C)C)c(Br)c1. The standard InChI is InChI=1S/C14H21BrN2/c1-11-4-5-12(13(15)8-11)9-17-7-6-16-10-14(17,2)3/h4-5,8,16H,6-7,9-10H2,1-3H3. The molecular weight excluding hydrogens is 276 g/mol. The molecule has 0 radical (unpaired) electrons. The van der Waals surface area contributed by atoms with E-state index in [1.54, 1.807) is 0 Å². The third kappa shape index (κ3) is 3.09. The first-order valence-electron chi connectivity index (χ1n) is 6.20. The van der Waals surface area contributed by atoms with Crippen molar-refractivity contribution in [2.24, 2.45) is 0 Å². The van der Waals surface area contributed by atoms with Gasteiger partial charge >= 0.3 is 0 Å². The van der Waals surface area contributed by atoms with Crippen LogP contribution in [0.5, 0.6) is 0 Å². The average molecular weight is 297 g/mol. The minimum Gasteiger partial charge on any atom is -0.314 e. The molecule has 0 atom stereocenters. The molecule has 1 aliphatic heterocycles. The van der Waals surface area contributed by atoms with E-state index in [0.717, 1.165) is 26.2 Å². The number of piperazine rings is 1. The normalized spacial score (nSPS) is 20.5. The van der Waals surface area contributed by atoms with Gasteiger partial charge in [-0.2, -0.15) is 0 Å². The molecule has 1 aromatic carbocycles. The molecule has 1 aromatic rings. The minimum atomic E-state index is 0.239. The number of benzene rings is 1. The molecule has 0 aromatic heterocycles. The van der Waals surface area contributed by atoms with E-state index < -0.39 is 0 Å². The van der Waals surface area contributed by atoms with E-state index in [1.807, 2.05) is 0 Å². The maximum absolute atomic E-state index is 3.67. The Hall–Kier alpha value is -0.380. The van der Waals surface area contributed by atoms with Gasteiger partial charge in [0.1, 0.15) is 0 Å². The summed E-state index contributed by atoms with van der Waals surface area (Å²) >= 11 is 3.67. The molecule has 1 heterocycles. The van der Waals surface area contributed by atoms with Crippen molar-refractivity contribution in [3.05, 3.63) is 33.8 Å². The van der Waals surface area contributed by atoms with E-state index in [0.29, 0.717) is 0 Å². The van der Waals surface area contributed by atoms with Gasteiger partial charge in [-0.25, -0.2) is 0 Å². The Balaban J connectivity index is 2.14. The number of nitrogens with one attached hydrogen (secondary N) is 1. The zero-order valence-electron chi connectivity index (χ0n) is 10.9. The lowest BCUT2D eigenvalue weighted by atomic mass is 9.99. The first kappa shape index (κ1) is 13.1. The highest BCUT2D eigenvalue weighted by molar-refractivity contribution is 9.10. The van der Waals surface area contributed by atoms with Crippen LogP contribution in [0.2, 0.25) is 0 Å². The van der Waals surface area contributed by atoms with Gasteiger partial charge in [0.05, 0.1) is 0 Å². The summed E-state index contributed by atoms with van der Waals surface area (Å²) in [5.41, 5.74) is 2.92. The van der Waals surface area contributed by atoms with E-state index in [4.69, 9.17) is 0 Å². The lowest BCUT2D eigenvalue weighted by Gasteiger charge is -2.43. The van der Waals surface area contributed by atoms with Crippen LogP contribution in [-0.4, -0.2) is 30.1 Å². The predicted molar refractivity (Wildman–Crippen MR) is 76.2 cm³/mol. The van der Waals surface area contributed by atoms with Crippen LogP contribution >= 0.6 is 15.9 Å². The Kier molecular flexibility index (Phi) is 3.91. The fourth-order valence-corrected chi connectivity index (χ4v) is 2.92. The van der Waals surface area contributed by atoms with Crippen LogP contribution in [0, 0.1) is 6.92 Å². The van der Waals surface area contributed by atoms with Gasteiger partial charge in [-0.1, -0.05) is 28.1 Å². The topological polar surface area (TPSA) is 15.3 Å². The number of rotatable bonds is 2. The molecule has 0 amide bonds. The molecule has 1 fully saturated rings. The molecule has 2 rings (SSSR count). The smallest absolute Gasteiger partial charge is 0.0281 e. The highest BCUT2D eigenvalue weighted by Gasteiger charge is 2.29. The number of nitrogens with zero attached hydrogens (tertiary/aromatic N) is 1. The van der Waals surface area contributed by atoms with Gasteiger partial charge in [-0.3, -0.25) is 4.90 Å². The number of hydrogen-bond donors (Lipinski definition) is 1. The quantitative estimate of drug-likeness (QED) is 0.903. The average Bonchev–Trinajstić information content (AvgIpc) is 2.24. The summed E-state index contributed by atoms with van der Waals surface area (Å²) in [5, 5.41) is 3.46. The van der Waals surface area contributed by atoms with Crippen LogP contribution in [0.4, 0.5) is 0 Å². The Labute approximate surface area is 113 Å². The van der Waals surface area contributed by atoms with Crippen LogP contribution in [0.1, 0.15) is 25.0 Å². The molecular formula is C14H21BrN2. The van der Waals surface area contributed by atoms with Crippen molar-refractivity contribution in [1.82, 2.24) is 10.2 Å². The number of halogens is 1. The molecule has 17 heavy (non-hydrogen) atoms. The monoisotopic (exact) mass is 296 g/mol. The molecule has 0 spiro atoms. The molecule has 0 bridgehead atoms. The summed E-state index contributed by atoms with van der Waals surface area (Å²) < 4.78 is 1.23. The van der Waals surface area contributed by atoms with Crippen molar-refractivity contribution in [3.63, 3.8) is 0 Å². The van der Waals surface area contributed by atoms with Crippen molar-refractivity contribution in [2.75, 3.05) is 19.6 Å². The fourth-order valence-electron chi connectivity index (χ4n) is 2.30. The molecule has 0 aliphatic carbocycles. The van der Waals surface area contributed by atoms with E-state index in [1.165, 1.54) is 15.6 Å². The van der Waals surface area contributed by atoms with Gasteiger partial charge in [0, 0.05) is 36.2 Å². The second kappa shape index (κ2) is 5.09. The van der Waals surface area contributed by atoms with Crippen molar-refractivity contribution >= 4 is 15.9 Å². The van der Waals surface area contributed by atoms with Gasteiger partial charge in [-0.05, 0) is 38.0 Å². The predicted octanol–water partition coefficient (Wildman–Crippen LogP) is 2.94. The van der Waals surface area contributed by atoms with Gasteiger partial charge in [0.2, 0.25) is 0 Å². The van der Waals surface area contributed by atoms with Crippen molar-refractivity contribution < 1.29 is 0 Å². The Bertz CT molecular complexity index is 401. The van der Waals surface area contributed by atoms with E-state index in [2.05, 4.69) is 65.1 Å². The van der Waals surface area contributed by atoms with Crippen LogP contribution in [0.3, 0.4) is 0 Å². The van der Waals surface area contributed by atoms with Crippen LogP contribution in [0.25, 0.3) is 0 Å². The lowest BCUT2D eigenvalue weighted by Crippen LogP contribution is -2.57. The maximum atomic E-state index is 3.67. The highest BCUT2D eigenvalue weighted by Crippen LogP contribution is 2.24. The van der Waals surface area contributed by atoms with E-state index >= 15 is 0 Å². The van der Waals surface area contributed by atoms with Crippen molar-refractivity contribution in [2.45, 2.75) is 32.9 Å². The van der Waals surface area contributed by atoms with E-state index in [-0.39, 0.29) is 5.54 Å². The molecule has 0 unspecified atom stereocenters. The first-order chi connectivity index (χ1) is 7.99. The highest BCUT2D eigenvalue weighted by atomic mass is 79.9. The number of hydrogen-bond acceptors (Lipinski definition) is 2. The molecule has 94 valence electrons. The third-order valence-corrected chi connectivity index (χ3v) is 4.28. The molecule has 1 aliphatic rings.